The quantitative estimate of drug-likeness (QED) is 0.773. The van der Waals surface area contributed by atoms with E-state index in [-0.39, 0.29) is 17.9 Å². The molecule has 1 saturated heterocycles. The van der Waals surface area contributed by atoms with Crippen molar-refractivity contribution in [1.29, 1.82) is 0 Å². The lowest BCUT2D eigenvalue weighted by atomic mass is 10.1. The highest BCUT2D eigenvalue weighted by molar-refractivity contribution is 7.10. The topological polar surface area (TPSA) is 80.1 Å². The Labute approximate surface area is 163 Å². The third-order valence-electron chi connectivity index (χ3n) is 4.43. The van der Waals surface area contributed by atoms with Gasteiger partial charge in [0, 0.05) is 30.6 Å². The zero-order chi connectivity index (χ0) is 19.2. The average molecular weight is 388 g/mol. The van der Waals surface area contributed by atoms with Crippen LogP contribution in [0.2, 0.25) is 0 Å². The summed E-state index contributed by atoms with van der Waals surface area (Å²) in [4.78, 5) is 27.5. The minimum atomic E-state index is -0.211. The van der Waals surface area contributed by atoms with E-state index in [4.69, 9.17) is 0 Å². The number of carbonyl (C=O) groups is 2. The molecule has 0 radical (unpaired) electrons. The summed E-state index contributed by atoms with van der Waals surface area (Å²) >= 11 is 1.60. The van der Waals surface area contributed by atoms with Crippen molar-refractivity contribution in [3.63, 3.8) is 0 Å². The third kappa shape index (κ3) is 5.26. The highest BCUT2D eigenvalue weighted by Gasteiger charge is 2.25. The van der Waals surface area contributed by atoms with Gasteiger partial charge in [0.1, 0.15) is 0 Å². The fraction of sp³-hybridized carbons (Fsp3) is 0.474. The van der Waals surface area contributed by atoms with Crippen molar-refractivity contribution in [2.24, 2.45) is 5.92 Å². The number of nitrogens with one attached hydrogen (secondary N) is 1. The van der Waals surface area contributed by atoms with E-state index in [0.717, 1.165) is 24.3 Å². The standard InChI is InChI=1S/C19H25N5O2S/c1-14(2)11-20-19(26)17-13-24(22-21-17)15-5-3-9-23(12-15)18(25)8-7-16-6-4-10-27-16/h4,6-8,10,13-15H,3,5,9,11-12H2,1-2H3,(H,20,26)/b8-7+/t15-/m0/s1. The van der Waals surface area contributed by atoms with Crippen LogP contribution in [0.5, 0.6) is 0 Å². The average Bonchev–Trinajstić information content (AvgIpc) is 3.36. The summed E-state index contributed by atoms with van der Waals surface area (Å²) in [5.74, 6) is 0.171. The lowest BCUT2D eigenvalue weighted by Gasteiger charge is -2.31. The highest BCUT2D eigenvalue weighted by atomic mass is 32.1. The van der Waals surface area contributed by atoms with Gasteiger partial charge in [-0.15, -0.1) is 16.4 Å². The molecule has 8 heteroatoms. The van der Waals surface area contributed by atoms with Crippen LogP contribution >= 0.6 is 11.3 Å². The molecule has 144 valence electrons. The van der Waals surface area contributed by atoms with E-state index >= 15 is 0 Å². The van der Waals surface area contributed by atoms with Gasteiger partial charge >= 0.3 is 0 Å². The molecule has 1 fully saturated rings. The van der Waals surface area contributed by atoms with Gasteiger partial charge in [0.05, 0.1) is 12.2 Å². The van der Waals surface area contributed by atoms with Gasteiger partial charge in [0.15, 0.2) is 5.69 Å². The smallest absolute Gasteiger partial charge is 0.273 e. The first-order chi connectivity index (χ1) is 13.0. The molecule has 1 aliphatic rings. The van der Waals surface area contributed by atoms with Crippen LogP contribution in [0.3, 0.4) is 0 Å². The normalized spacial score (nSPS) is 17.6. The molecule has 0 aromatic carbocycles. The summed E-state index contributed by atoms with van der Waals surface area (Å²) in [6.45, 7) is 5.99. The van der Waals surface area contributed by atoms with Gasteiger partial charge in [0.2, 0.25) is 5.91 Å². The van der Waals surface area contributed by atoms with Crippen molar-refractivity contribution in [2.45, 2.75) is 32.7 Å². The molecule has 3 heterocycles. The van der Waals surface area contributed by atoms with Gasteiger partial charge in [0.25, 0.3) is 5.91 Å². The van der Waals surface area contributed by atoms with E-state index in [1.165, 1.54) is 0 Å². The number of aromatic nitrogens is 3. The number of hydrogen-bond acceptors (Lipinski definition) is 5. The monoisotopic (exact) mass is 387 g/mol. The molecule has 1 aliphatic heterocycles. The molecule has 0 unspecified atom stereocenters. The fourth-order valence-corrected chi connectivity index (χ4v) is 3.58. The molecule has 0 bridgehead atoms. The molecule has 7 nitrogen and oxygen atoms in total. The van der Waals surface area contributed by atoms with E-state index in [1.807, 2.05) is 42.3 Å². The SMILES string of the molecule is CC(C)CNC(=O)c1cn([C@H]2CCCN(C(=O)/C=C/c3cccs3)C2)nn1. The second-order valence-corrected chi connectivity index (χ2v) is 8.10. The molecule has 2 aromatic rings. The summed E-state index contributed by atoms with van der Waals surface area (Å²) in [5.41, 5.74) is 0.316. The van der Waals surface area contributed by atoms with Crippen LogP contribution < -0.4 is 5.32 Å². The Morgan fingerprint density at radius 1 is 1.44 bits per heavy atom. The number of likely N-dealkylation sites (tertiary alicyclic amines) is 1. The Balaban J connectivity index is 1.59. The number of nitrogens with zero attached hydrogens (tertiary/aromatic N) is 4. The first-order valence-electron chi connectivity index (χ1n) is 9.23. The summed E-state index contributed by atoms with van der Waals surface area (Å²) in [5, 5.41) is 12.9. The van der Waals surface area contributed by atoms with Crippen LogP contribution in [-0.2, 0) is 4.79 Å². The Hall–Kier alpha value is -2.48. The molecule has 2 aromatic heterocycles. The lowest BCUT2D eigenvalue weighted by Crippen LogP contribution is -2.40. The van der Waals surface area contributed by atoms with Crippen molar-refractivity contribution in [2.75, 3.05) is 19.6 Å². The predicted octanol–water partition coefficient (Wildman–Crippen LogP) is 2.60. The number of carbonyl (C=O) groups excluding carboxylic acids is 2. The van der Waals surface area contributed by atoms with Crippen molar-refractivity contribution in [1.82, 2.24) is 25.2 Å². The fourth-order valence-electron chi connectivity index (χ4n) is 2.96. The predicted molar refractivity (Wildman–Crippen MR) is 105 cm³/mol. The van der Waals surface area contributed by atoms with Crippen LogP contribution in [-0.4, -0.2) is 51.3 Å². The lowest BCUT2D eigenvalue weighted by molar-refractivity contribution is -0.127. The third-order valence-corrected chi connectivity index (χ3v) is 5.27. The molecule has 0 aliphatic carbocycles. The van der Waals surface area contributed by atoms with Crippen molar-refractivity contribution < 1.29 is 9.59 Å². The molecule has 0 saturated carbocycles. The van der Waals surface area contributed by atoms with Gasteiger partial charge in [-0.2, -0.15) is 0 Å². The molecular formula is C19H25N5O2S. The number of amides is 2. The molecule has 27 heavy (non-hydrogen) atoms. The van der Waals surface area contributed by atoms with Crippen molar-refractivity contribution in [3.8, 4) is 0 Å². The zero-order valence-electron chi connectivity index (χ0n) is 15.7. The molecule has 1 atom stereocenters. The maximum atomic E-state index is 12.5. The van der Waals surface area contributed by atoms with Gasteiger partial charge in [-0.1, -0.05) is 25.1 Å². The molecular weight excluding hydrogens is 362 g/mol. The maximum absolute atomic E-state index is 12.5. The Morgan fingerprint density at radius 2 is 2.30 bits per heavy atom. The Kier molecular flexibility index (Phi) is 6.39. The van der Waals surface area contributed by atoms with Gasteiger partial charge in [-0.3, -0.25) is 9.59 Å². The van der Waals surface area contributed by atoms with E-state index in [2.05, 4.69) is 15.6 Å². The Bertz CT molecular complexity index is 797. The summed E-state index contributed by atoms with van der Waals surface area (Å²) in [6.07, 6.45) is 6.96. The van der Waals surface area contributed by atoms with Crippen LogP contribution in [0.1, 0.15) is 48.1 Å². The summed E-state index contributed by atoms with van der Waals surface area (Å²) < 4.78 is 1.71. The highest BCUT2D eigenvalue weighted by Crippen LogP contribution is 2.21. The molecule has 2 amide bonds. The molecule has 3 rings (SSSR count). The van der Waals surface area contributed by atoms with E-state index in [9.17, 15) is 9.59 Å². The number of rotatable bonds is 6. The Morgan fingerprint density at radius 3 is 3.04 bits per heavy atom. The van der Waals surface area contributed by atoms with Gasteiger partial charge in [-0.05, 0) is 36.3 Å². The summed E-state index contributed by atoms with van der Waals surface area (Å²) in [6, 6.07) is 3.98. The van der Waals surface area contributed by atoms with Crippen LogP contribution in [0, 0.1) is 5.92 Å². The van der Waals surface area contributed by atoms with E-state index < -0.39 is 0 Å². The number of hydrogen-bond donors (Lipinski definition) is 1. The van der Waals surface area contributed by atoms with Gasteiger partial charge in [-0.25, -0.2) is 4.68 Å². The second kappa shape index (κ2) is 8.94. The van der Waals surface area contributed by atoms with E-state index in [1.54, 1.807) is 28.3 Å². The largest absolute Gasteiger partial charge is 0.350 e. The first-order valence-corrected chi connectivity index (χ1v) is 10.1. The second-order valence-electron chi connectivity index (χ2n) is 7.12. The molecule has 1 N–H and O–H groups in total. The zero-order valence-corrected chi connectivity index (χ0v) is 16.5. The molecule has 0 spiro atoms. The summed E-state index contributed by atoms with van der Waals surface area (Å²) in [7, 11) is 0. The number of piperidine rings is 1. The van der Waals surface area contributed by atoms with Gasteiger partial charge < -0.3 is 10.2 Å². The maximum Gasteiger partial charge on any atom is 0.273 e. The van der Waals surface area contributed by atoms with E-state index in [0.29, 0.717) is 24.7 Å². The van der Waals surface area contributed by atoms with Crippen LogP contribution in [0.25, 0.3) is 6.08 Å². The van der Waals surface area contributed by atoms with Crippen molar-refractivity contribution in [3.05, 3.63) is 40.4 Å². The number of thiophene rings is 1. The van der Waals surface area contributed by atoms with Crippen molar-refractivity contribution >= 4 is 29.2 Å². The first kappa shape index (κ1) is 19.3. The minimum Gasteiger partial charge on any atom is -0.350 e. The van der Waals surface area contributed by atoms with Crippen LogP contribution in [0.15, 0.2) is 29.8 Å². The van der Waals surface area contributed by atoms with Crippen LogP contribution in [0.4, 0.5) is 0 Å². The minimum absolute atomic E-state index is 0.00288.